The SMILES string of the molecule is NC(=O)OCCNS(=O)(=O)c1ccc(Br)s1. The number of amides is 1. The molecule has 0 aliphatic rings. The predicted octanol–water partition coefficient (Wildman–Crippen LogP) is 0.884. The standard InChI is InChI=1S/C7H9BrN2O4S2/c8-5-1-2-6(15-5)16(12,13)10-3-4-14-7(9)11/h1-2,10H,3-4H2,(H2,9,11). The Morgan fingerprint density at radius 3 is 2.75 bits per heavy atom. The Kier molecular flexibility index (Phi) is 4.71. The number of thiophene rings is 1. The van der Waals surface area contributed by atoms with Gasteiger partial charge >= 0.3 is 6.09 Å². The van der Waals surface area contributed by atoms with E-state index in [2.05, 4.69) is 25.4 Å². The third kappa shape index (κ3) is 4.08. The Hall–Kier alpha value is -0.640. The second-order valence-electron chi connectivity index (χ2n) is 2.62. The third-order valence-corrected chi connectivity index (χ3v) is 5.03. The van der Waals surface area contributed by atoms with Crippen molar-refractivity contribution in [3.8, 4) is 0 Å². The minimum absolute atomic E-state index is 0.0131. The maximum absolute atomic E-state index is 11.6. The summed E-state index contributed by atoms with van der Waals surface area (Å²) in [5, 5.41) is 0. The van der Waals surface area contributed by atoms with Gasteiger partial charge in [-0.1, -0.05) is 0 Å². The first-order valence-electron chi connectivity index (χ1n) is 4.09. The fourth-order valence-electron chi connectivity index (χ4n) is 0.841. The fourth-order valence-corrected chi connectivity index (χ4v) is 3.91. The molecule has 6 nitrogen and oxygen atoms in total. The van der Waals surface area contributed by atoms with E-state index in [4.69, 9.17) is 5.73 Å². The highest BCUT2D eigenvalue weighted by Crippen LogP contribution is 2.25. The van der Waals surface area contributed by atoms with Gasteiger partial charge in [-0.3, -0.25) is 0 Å². The maximum atomic E-state index is 11.6. The molecule has 3 N–H and O–H groups in total. The van der Waals surface area contributed by atoms with Crippen molar-refractivity contribution in [2.24, 2.45) is 5.73 Å². The van der Waals surface area contributed by atoms with Crippen LogP contribution in [0.5, 0.6) is 0 Å². The van der Waals surface area contributed by atoms with Crippen LogP contribution in [-0.2, 0) is 14.8 Å². The first-order chi connectivity index (χ1) is 7.42. The normalized spacial score (nSPS) is 11.3. The molecule has 1 aromatic heterocycles. The molecule has 0 unspecified atom stereocenters. The predicted molar refractivity (Wildman–Crippen MR) is 62.7 cm³/mol. The number of primary amides is 1. The first-order valence-corrected chi connectivity index (χ1v) is 7.18. The van der Waals surface area contributed by atoms with E-state index < -0.39 is 16.1 Å². The van der Waals surface area contributed by atoms with Gasteiger partial charge in [0.25, 0.3) is 0 Å². The summed E-state index contributed by atoms with van der Waals surface area (Å²) in [6.45, 7) is -0.109. The highest BCUT2D eigenvalue weighted by atomic mass is 79.9. The zero-order valence-corrected chi connectivity index (χ0v) is 11.2. The molecule has 0 aromatic carbocycles. The van der Waals surface area contributed by atoms with Crippen LogP contribution in [0.3, 0.4) is 0 Å². The summed E-state index contributed by atoms with van der Waals surface area (Å²) in [7, 11) is -3.53. The number of carbonyl (C=O) groups excluding carboxylic acids is 1. The highest BCUT2D eigenvalue weighted by Gasteiger charge is 2.15. The lowest BCUT2D eigenvalue weighted by Crippen LogP contribution is -2.28. The van der Waals surface area contributed by atoms with Gasteiger partial charge in [0.15, 0.2) is 0 Å². The molecule has 90 valence electrons. The Morgan fingerprint density at radius 2 is 2.25 bits per heavy atom. The smallest absolute Gasteiger partial charge is 0.404 e. The van der Waals surface area contributed by atoms with Crippen molar-refractivity contribution in [1.82, 2.24) is 4.72 Å². The van der Waals surface area contributed by atoms with Gasteiger partial charge in [0.1, 0.15) is 10.8 Å². The minimum atomic E-state index is -3.53. The second-order valence-corrected chi connectivity index (χ2v) is 7.08. The molecule has 0 atom stereocenters. The summed E-state index contributed by atoms with van der Waals surface area (Å²) in [6, 6.07) is 3.12. The lowest BCUT2D eigenvalue weighted by molar-refractivity contribution is 0.159. The van der Waals surface area contributed by atoms with Crippen molar-refractivity contribution >= 4 is 43.4 Å². The molecule has 0 aliphatic carbocycles. The fraction of sp³-hybridized carbons (Fsp3) is 0.286. The highest BCUT2D eigenvalue weighted by molar-refractivity contribution is 9.11. The van der Waals surface area contributed by atoms with Crippen LogP contribution in [0.25, 0.3) is 0 Å². The summed E-state index contributed by atoms with van der Waals surface area (Å²) in [5.74, 6) is 0. The largest absolute Gasteiger partial charge is 0.448 e. The Morgan fingerprint density at radius 1 is 1.56 bits per heavy atom. The number of ether oxygens (including phenoxy) is 1. The van der Waals surface area contributed by atoms with Crippen molar-refractivity contribution in [2.75, 3.05) is 13.2 Å². The van der Waals surface area contributed by atoms with Crippen molar-refractivity contribution < 1.29 is 17.9 Å². The van der Waals surface area contributed by atoms with Gasteiger partial charge in [0, 0.05) is 6.54 Å². The molecule has 0 radical (unpaired) electrons. The number of hydrogen-bond donors (Lipinski definition) is 2. The number of hydrogen-bond acceptors (Lipinski definition) is 5. The topological polar surface area (TPSA) is 98.5 Å². The van der Waals surface area contributed by atoms with Crippen LogP contribution in [0.4, 0.5) is 4.79 Å². The van der Waals surface area contributed by atoms with Gasteiger partial charge in [-0.2, -0.15) is 0 Å². The zero-order chi connectivity index (χ0) is 12.2. The number of carbonyl (C=O) groups is 1. The van der Waals surface area contributed by atoms with Gasteiger partial charge in [-0.25, -0.2) is 17.9 Å². The van der Waals surface area contributed by atoms with Gasteiger partial charge in [0.2, 0.25) is 10.0 Å². The Bertz CT molecular complexity index is 470. The van der Waals surface area contributed by atoms with Crippen LogP contribution in [-0.4, -0.2) is 27.7 Å². The Balaban J connectivity index is 2.50. The summed E-state index contributed by atoms with van der Waals surface area (Å²) in [6.07, 6.45) is -0.932. The van der Waals surface area contributed by atoms with Gasteiger partial charge < -0.3 is 10.5 Å². The Labute approximate surface area is 105 Å². The number of nitrogens with one attached hydrogen (secondary N) is 1. The molecule has 0 fully saturated rings. The number of sulfonamides is 1. The van der Waals surface area contributed by atoms with Crippen LogP contribution >= 0.6 is 27.3 Å². The van der Waals surface area contributed by atoms with Gasteiger partial charge in [-0.15, -0.1) is 11.3 Å². The number of nitrogens with two attached hydrogens (primary N) is 1. The maximum Gasteiger partial charge on any atom is 0.404 e. The quantitative estimate of drug-likeness (QED) is 0.784. The molecule has 0 saturated carbocycles. The van der Waals surface area contributed by atoms with Crippen LogP contribution in [0.2, 0.25) is 0 Å². The summed E-state index contributed by atoms with van der Waals surface area (Å²) in [5.41, 5.74) is 4.71. The van der Waals surface area contributed by atoms with E-state index in [1.165, 1.54) is 6.07 Å². The zero-order valence-electron chi connectivity index (χ0n) is 7.97. The van der Waals surface area contributed by atoms with E-state index in [-0.39, 0.29) is 17.4 Å². The average Bonchev–Trinajstić information content (AvgIpc) is 2.60. The van der Waals surface area contributed by atoms with E-state index in [0.29, 0.717) is 0 Å². The van der Waals surface area contributed by atoms with Gasteiger partial charge in [-0.05, 0) is 28.1 Å². The molecule has 0 saturated heterocycles. The molecular formula is C7H9BrN2O4S2. The van der Waals surface area contributed by atoms with Gasteiger partial charge in [0.05, 0.1) is 3.79 Å². The average molecular weight is 329 g/mol. The minimum Gasteiger partial charge on any atom is -0.448 e. The van der Waals surface area contributed by atoms with Crippen molar-refractivity contribution in [3.63, 3.8) is 0 Å². The molecule has 1 amide bonds. The second kappa shape index (κ2) is 5.62. The molecule has 1 heterocycles. The van der Waals surface area contributed by atoms with E-state index in [1.54, 1.807) is 6.07 Å². The van der Waals surface area contributed by atoms with E-state index in [0.717, 1.165) is 15.1 Å². The van der Waals surface area contributed by atoms with Crippen LogP contribution in [0.15, 0.2) is 20.1 Å². The molecule has 16 heavy (non-hydrogen) atoms. The molecule has 0 aliphatic heterocycles. The third-order valence-electron chi connectivity index (χ3n) is 1.45. The summed E-state index contributed by atoms with van der Waals surface area (Å²) >= 11 is 4.26. The van der Waals surface area contributed by atoms with Crippen molar-refractivity contribution in [3.05, 3.63) is 15.9 Å². The molecule has 1 rings (SSSR count). The van der Waals surface area contributed by atoms with Crippen LogP contribution in [0.1, 0.15) is 0 Å². The molecule has 0 spiro atoms. The van der Waals surface area contributed by atoms with Crippen LogP contribution < -0.4 is 10.5 Å². The molecular weight excluding hydrogens is 320 g/mol. The van der Waals surface area contributed by atoms with Crippen molar-refractivity contribution in [1.29, 1.82) is 0 Å². The summed E-state index contributed by atoms with van der Waals surface area (Å²) in [4.78, 5) is 10.2. The lowest BCUT2D eigenvalue weighted by atomic mass is 10.7. The lowest BCUT2D eigenvalue weighted by Gasteiger charge is -2.04. The number of rotatable bonds is 5. The number of halogens is 1. The molecule has 1 aromatic rings. The monoisotopic (exact) mass is 328 g/mol. The first kappa shape index (κ1) is 13.4. The van der Waals surface area contributed by atoms with E-state index in [9.17, 15) is 13.2 Å². The summed E-state index contributed by atoms with van der Waals surface area (Å²) < 4.78 is 30.8. The molecule has 0 bridgehead atoms. The van der Waals surface area contributed by atoms with Crippen LogP contribution in [0, 0.1) is 0 Å². The van der Waals surface area contributed by atoms with Crippen molar-refractivity contribution in [2.45, 2.75) is 4.21 Å². The molecule has 9 heteroatoms. The van der Waals surface area contributed by atoms with E-state index in [1.807, 2.05) is 0 Å². The van der Waals surface area contributed by atoms with E-state index >= 15 is 0 Å².